The first kappa shape index (κ1) is 11.3. The van der Waals surface area contributed by atoms with E-state index in [0.717, 1.165) is 5.56 Å². The van der Waals surface area contributed by atoms with Gasteiger partial charge < -0.3 is 10.5 Å². The monoisotopic (exact) mass is 208 g/mol. The molecule has 0 spiro atoms. The first-order valence-corrected chi connectivity index (χ1v) is 4.70. The van der Waals surface area contributed by atoms with Crippen molar-refractivity contribution in [3.05, 3.63) is 23.5 Å². The van der Waals surface area contributed by atoms with Gasteiger partial charge in [0.2, 0.25) is 0 Å². The van der Waals surface area contributed by atoms with Crippen LogP contribution in [0.3, 0.4) is 0 Å². The Kier molecular flexibility index (Phi) is 3.51. The minimum Gasteiger partial charge on any atom is -0.473 e. The largest absolute Gasteiger partial charge is 0.473 e. The van der Waals surface area contributed by atoms with Crippen LogP contribution in [0.1, 0.15) is 18.9 Å². The van der Waals surface area contributed by atoms with E-state index < -0.39 is 11.9 Å². The summed E-state index contributed by atoms with van der Waals surface area (Å²) in [5.41, 5.74) is 6.64. The lowest BCUT2D eigenvalue weighted by Crippen LogP contribution is -2.13. The number of hydrogen-bond acceptors (Lipinski definition) is 3. The van der Waals surface area contributed by atoms with Gasteiger partial charge >= 0.3 is 0 Å². The summed E-state index contributed by atoms with van der Waals surface area (Å²) in [4.78, 5) is 0. The van der Waals surface area contributed by atoms with Gasteiger partial charge in [-0.1, -0.05) is 6.92 Å². The Bertz CT molecular complexity index is 398. The maximum Gasteiger partial charge on any atom is 0.184 e. The van der Waals surface area contributed by atoms with Crippen molar-refractivity contribution < 1.29 is 9.13 Å². The zero-order valence-electron chi connectivity index (χ0n) is 8.75. The van der Waals surface area contributed by atoms with Gasteiger partial charge in [-0.05, 0) is 25.0 Å². The van der Waals surface area contributed by atoms with Crippen molar-refractivity contribution in [2.45, 2.75) is 26.4 Å². The number of hydrogen-bond donors (Lipinski definition) is 1. The van der Waals surface area contributed by atoms with Crippen molar-refractivity contribution in [3.8, 4) is 11.8 Å². The maximum atomic E-state index is 13.3. The first-order valence-electron chi connectivity index (χ1n) is 4.70. The van der Waals surface area contributed by atoms with Crippen LogP contribution < -0.4 is 10.5 Å². The van der Waals surface area contributed by atoms with Gasteiger partial charge in [0.15, 0.2) is 17.7 Å². The predicted molar refractivity (Wildman–Crippen MR) is 55.9 cm³/mol. The molecular weight excluding hydrogens is 195 g/mol. The molecule has 4 heteroatoms. The van der Waals surface area contributed by atoms with Gasteiger partial charge in [-0.15, -0.1) is 0 Å². The zero-order valence-corrected chi connectivity index (χ0v) is 8.75. The van der Waals surface area contributed by atoms with E-state index in [1.54, 1.807) is 13.8 Å². The van der Waals surface area contributed by atoms with Crippen LogP contribution in [0, 0.1) is 24.1 Å². The number of nitrogens with two attached hydrogens (primary N) is 1. The Labute approximate surface area is 88.3 Å². The quantitative estimate of drug-likeness (QED) is 0.776. The molecule has 0 aliphatic heterocycles. The van der Waals surface area contributed by atoms with Gasteiger partial charge in [0, 0.05) is 11.8 Å². The Hall–Kier alpha value is -1.76. The van der Waals surface area contributed by atoms with Crippen molar-refractivity contribution in [3.63, 3.8) is 0 Å². The molecule has 0 saturated heterocycles. The lowest BCUT2D eigenvalue weighted by molar-refractivity contribution is 0.240. The van der Waals surface area contributed by atoms with Crippen LogP contribution in [0.15, 0.2) is 12.1 Å². The molecule has 0 aromatic heterocycles. The van der Waals surface area contributed by atoms with E-state index in [4.69, 9.17) is 15.7 Å². The molecule has 1 atom stereocenters. The number of nitrogen functional groups attached to an aromatic ring is 1. The fourth-order valence-electron chi connectivity index (χ4n) is 1.11. The third-order valence-corrected chi connectivity index (χ3v) is 2.10. The van der Waals surface area contributed by atoms with Crippen LogP contribution in [-0.4, -0.2) is 6.10 Å². The standard InChI is InChI=1S/C11H13FN2O/c1-3-8(6-13)15-11-4-7(2)10(14)5-9(11)12/h4-5,8H,3,14H2,1-2H3. The molecule has 0 heterocycles. The topological polar surface area (TPSA) is 59.0 Å². The molecular formula is C11H13FN2O. The minimum atomic E-state index is -0.623. The number of ether oxygens (including phenoxy) is 1. The zero-order chi connectivity index (χ0) is 11.4. The number of benzene rings is 1. The predicted octanol–water partition coefficient (Wildman–Crippen LogP) is 2.40. The summed E-state index contributed by atoms with van der Waals surface area (Å²) in [5.74, 6) is -0.457. The van der Waals surface area contributed by atoms with Crippen LogP contribution in [0.25, 0.3) is 0 Å². The van der Waals surface area contributed by atoms with Gasteiger partial charge in [0.05, 0.1) is 0 Å². The molecule has 0 radical (unpaired) electrons. The second-order valence-corrected chi connectivity index (χ2v) is 3.28. The summed E-state index contributed by atoms with van der Waals surface area (Å²) in [5, 5.41) is 8.68. The molecule has 0 aliphatic rings. The summed E-state index contributed by atoms with van der Waals surface area (Å²) in [6.45, 7) is 3.56. The maximum absolute atomic E-state index is 13.3. The Morgan fingerprint density at radius 1 is 1.60 bits per heavy atom. The summed E-state index contributed by atoms with van der Waals surface area (Å²) in [6, 6.07) is 4.65. The number of halogens is 1. The lowest BCUT2D eigenvalue weighted by atomic mass is 10.2. The molecule has 2 N–H and O–H groups in total. The molecule has 0 aliphatic carbocycles. The van der Waals surface area contributed by atoms with Gasteiger partial charge in [-0.2, -0.15) is 5.26 Å². The van der Waals surface area contributed by atoms with E-state index in [2.05, 4.69) is 0 Å². The van der Waals surface area contributed by atoms with Gasteiger partial charge in [-0.3, -0.25) is 0 Å². The third kappa shape index (κ3) is 2.59. The van der Waals surface area contributed by atoms with E-state index in [9.17, 15) is 4.39 Å². The molecule has 1 aromatic rings. The van der Waals surface area contributed by atoms with Gasteiger partial charge in [0.1, 0.15) is 6.07 Å². The van der Waals surface area contributed by atoms with Crippen LogP contribution in [0.5, 0.6) is 5.75 Å². The number of nitriles is 1. The highest BCUT2D eigenvalue weighted by molar-refractivity contribution is 5.50. The third-order valence-electron chi connectivity index (χ3n) is 2.10. The van der Waals surface area contributed by atoms with Crippen LogP contribution >= 0.6 is 0 Å². The van der Waals surface area contributed by atoms with E-state index in [1.165, 1.54) is 12.1 Å². The van der Waals surface area contributed by atoms with Crippen LogP contribution in [0.2, 0.25) is 0 Å². The van der Waals surface area contributed by atoms with Crippen LogP contribution in [-0.2, 0) is 0 Å². The lowest BCUT2D eigenvalue weighted by Gasteiger charge is -2.12. The summed E-state index contributed by atoms with van der Waals surface area (Å²) in [7, 11) is 0. The molecule has 1 rings (SSSR count). The minimum absolute atomic E-state index is 0.0788. The average Bonchev–Trinajstić information content (AvgIpc) is 2.21. The molecule has 1 aromatic carbocycles. The van der Waals surface area contributed by atoms with Gasteiger partial charge in [0.25, 0.3) is 0 Å². The number of rotatable bonds is 3. The smallest absolute Gasteiger partial charge is 0.184 e. The molecule has 80 valence electrons. The summed E-state index contributed by atoms with van der Waals surface area (Å²) < 4.78 is 18.5. The Morgan fingerprint density at radius 2 is 2.27 bits per heavy atom. The van der Waals surface area contributed by atoms with Crippen molar-refractivity contribution in [1.82, 2.24) is 0 Å². The Balaban J connectivity index is 2.96. The highest BCUT2D eigenvalue weighted by atomic mass is 19.1. The molecule has 15 heavy (non-hydrogen) atoms. The van der Waals surface area contributed by atoms with Gasteiger partial charge in [-0.25, -0.2) is 4.39 Å². The first-order chi connectivity index (χ1) is 7.08. The summed E-state index contributed by atoms with van der Waals surface area (Å²) in [6.07, 6.45) is -0.109. The summed E-state index contributed by atoms with van der Waals surface area (Å²) >= 11 is 0. The molecule has 0 fully saturated rings. The second-order valence-electron chi connectivity index (χ2n) is 3.28. The molecule has 0 saturated carbocycles. The van der Waals surface area contributed by atoms with E-state index in [-0.39, 0.29) is 5.75 Å². The fourth-order valence-corrected chi connectivity index (χ4v) is 1.11. The van der Waals surface area contributed by atoms with E-state index in [0.29, 0.717) is 12.1 Å². The van der Waals surface area contributed by atoms with Crippen LogP contribution in [0.4, 0.5) is 10.1 Å². The van der Waals surface area contributed by atoms with E-state index in [1.807, 2.05) is 6.07 Å². The molecule has 3 nitrogen and oxygen atoms in total. The Morgan fingerprint density at radius 3 is 2.80 bits per heavy atom. The normalized spacial score (nSPS) is 11.9. The highest BCUT2D eigenvalue weighted by Gasteiger charge is 2.11. The highest BCUT2D eigenvalue weighted by Crippen LogP contribution is 2.24. The molecule has 1 unspecified atom stereocenters. The van der Waals surface area contributed by atoms with Crippen molar-refractivity contribution in [1.29, 1.82) is 5.26 Å². The van der Waals surface area contributed by atoms with Crippen molar-refractivity contribution in [2.24, 2.45) is 0 Å². The molecule has 0 bridgehead atoms. The van der Waals surface area contributed by atoms with E-state index >= 15 is 0 Å². The molecule has 0 amide bonds. The fraction of sp³-hybridized carbons (Fsp3) is 0.364. The number of nitrogens with zero attached hydrogens (tertiary/aromatic N) is 1. The number of aryl methyl sites for hydroxylation is 1. The second kappa shape index (κ2) is 4.65. The average molecular weight is 208 g/mol. The SMILES string of the molecule is CCC(C#N)Oc1cc(C)c(N)cc1F. The van der Waals surface area contributed by atoms with Crippen molar-refractivity contribution in [2.75, 3.05) is 5.73 Å². The van der Waals surface area contributed by atoms with Crippen molar-refractivity contribution >= 4 is 5.69 Å². The number of anilines is 1.